The standard InChI is InChI=1S/C11H6F6N2O/c12-10(13,14)7-1-6(3-9-18-5-19-20-9)2-8(4-7)11(15,16)17/h1-2,4-5H,3H2. The zero-order valence-electron chi connectivity index (χ0n) is 9.59. The molecular weight excluding hydrogens is 290 g/mol. The van der Waals surface area contributed by atoms with E-state index in [1.807, 2.05) is 0 Å². The van der Waals surface area contributed by atoms with Gasteiger partial charge in [-0.1, -0.05) is 5.16 Å². The topological polar surface area (TPSA) is 38.9 Å². The fourth-order valence-electron chi connectivity index (χ4n) is 1.57. The van der Waals surface area contributed by atoms with E-state index in [-0.39, 0.29) is 23.9 Å². The maximum atomic E-state index is 12.6. The quantitative estimate of drug-likeness (QED) is 0.793. The third-order valence-corrected chi connectivity index (χ3v) is 2.41. The van der Waals surface area contributed by atoms with Gasteiger partial charge in [-0.25, -0.2) is 0 Å². The van der Waals surface area contributed by atoms with Crippen LogP contribution in [0.2, 0.25) is 0 Å². The van der Waals surface area contributed by atoms with Crippen LogP contribution in [0.25, 0.3) is 0 Å². The normalized spacial score (nSPS) is 12.7. The molecule has 0 fully saturated rings. The number of benzene rings is 1. The van der Waals surface area contributed by atoms with E-state index in [0.29, 0.717) is 12.1 Å². The van der Waals surface area contributed by atoms with E-state index in [0.717, 1.165) is 6.33 Å². The first-order valence-corrected chi connectivity index (χ1v) is 5.20. The Labute approximate surface area is 108 Å². The summed E-state index contributed by atoms with van der Waals surface area (Å²) in [6.45, 7) is 0. The molecule has 9 heteroatoms. The maximum Gasteiger partial charge on any atom is 0.416 e. The second kappa shape index (κ2) is 4.80. The Bertz CT molecular complexity index is 556. The third-order valence-electron chi connectivity index (χ3n) is 2.41. The lowest BCUT2D eigenvalue weighted by molar-refractivity contribution is -0.143. The number of aromatic nitrogens is 2. The highest BCUT2D eigenvalue weighted by Gasteiger charge is 2.36. The Kier molecular flexibility index (Phi) is 3.45. The Balaban J connectivity index is 2.46. The van der Waals surface area contributed by atoms with Crippen LogP contribution >= 0.6 is 0 Å². The van der Waals surface area contributed by atoms with Gasteiger partial charge in [0.05, 0.1) is 17.5 Å². The number of halogens is 6. The fraction of sp³-hybridized carbons (Fsp3) is 0.273. The minimum atomic E-state index is -4.87. The van der Waals surface area contributed by atoms with Crippen molar-refractivity contribution in [2.75, 3.05) is 0 Å². The van der Waals surface area contributed by atoms with Gasteiger partial charge in [-0.05, 0) is 23.8 Å². The van der Waals surface area contributed by atoms with Gasteiger partial charge in [0.15, 0.2) is 6.33 Å². The van der Waals surface area contributed by atoms with E-state index >= 15 is 0 Å². The van der Waals surface area contributed by atoms with Crippen molar-refractivity contribution in [2.24, 2.45) is 0 Å². The van der Waals surface area contributed by atoms with Crippen LogP contribution in [0.3, 0.4) is 0 Å². The molecule has 1 aromatic heterocycles. The van der Waals surface area contributed by atoms with Crippen molar-refractivity contribution in [3.05, 3.63) is 47.1 Å². The largest absolute Gasteiger partial charge is 0.416 e. The summed E-state index contributed by atoms with van der Waals surface area (Å²) in [4.78, 5) is 3.55. The number of alkyl halides is 6. The summed E-state index contributed by atoms with van der Waals surface area (Å²) in [5.41, 5.74) is -2.96. The molecule has 0 aliphatic rings. The van der Waals surface area contributed by atoms with Gasteiger partial charge in [0.2, 0.25) is 5.89 Å². The zero-order valence-corrected chi connectivity index (χ0v) is 9.59. The molecule has 0 saturated heterocycles. The highest BCUT2D eigenvalue weighted by atomic mass is 19.4. The van der Waals surface area contributed by atoms with Gasteiger partial charge in [0.1, 0.15) is 0 Å². The van der Waals surface area contributed by atoms with Crippen molar-refractivity contribution < 1.29 is 30.9 Å². The van der Waals surface area contributed by atoms with Crippen molar-refractivity contribution in [1.82, 2.24) is 10.1 Å². The summed E-state index contributed by atoms with van der Waals surface area (Å²) in [7, 11) is 0. The van der Waals surface area contributed by atoms with Crippen molar-refractivity contribution >= 4 is 0 Å². The summed E-state index contributed by atoms with van der Waals surface area (Å²) in [5, 5.41) is 3.23. The Morgan fingerprint density at radius 1 is 0.900 bits per heavy atom. The van der Waals surface area contributed by atoms with Gasteiger partial charge >= 0.3 is 12.4 Å². The van der Waals surface area contributed by atoms with Gasteiger partial charge < -0.3 is 4.52 Å². The summed E-state index contributed by atoms with van der Waals surface area (Å²) in [5.74, 6) is -0.0718. The fourth-order valence-corrected chi connectivity index (χ4v) is 1.57. The molecule has 0 aliphatic carbocycles. The molecule has 0 spiro atoms. The third kappa shape index (κ3) is 3.28. The summed E-state index contributed by atoms with van der Waals surface area (Å²) in [6, 6.07) is 1.32. The molecule has 0 aliphatic heterocycles. The first-order chi connectivity index (χ1) is 9.16. The van der Waals surface area contributed by atoms with E-state index < -0.39 is 23.5 Å². The van der Waals surface area contributed by atoms with E-state index in [9.17, 15) is 26.3 Å². The highest BCUT2D eigenvalue weighted by Crippen LogP contribution is 2.36. The molecule has 2 rings (SSSR count). The molecule has 1 aromatic carbocycles. The lowest BCUT2D eigenvalue weighted by atomic mass is 10.0. The van der Waals surface area contributed by atoms with Crippen LogP contribution in [0, 0.1) is 0 Å². The minimum absolute atomic E-state index is 0.0668. The maximum absolute atomic E-state index is 12.6. The van der Waals surface area contributed by atoms with Crippen LogP contribution in [-0.2, 0) is 18.8 Å². The van der Waals surface area contributed by atoms with Crippen LogP contribution in [0.1, 0.15) is 22.6 Å². The molecule has 0 bridgehead atoms. The number of nitrogens with zero attached hydrogens (tertiary/aromatic N) is 2. The minimum Gasteiger partial charge on any atom is -0.339 e. The van der Waals surface area contributed by atoms with Gasteiger partial charge in [-0.3, -0.25) is 0 Å². The molecule has 0 atom stereocenters. The van der Waals surface area contributed by atoms with Gasteiger partial charge in [-0.15, -0.1) is 0 Å². The van der Waals surface area contributed by atoms with Crippen molar-refractivity contribution in [2.45, 2.75) is 18.8 Å². The average Bonchev–Trinajstić information content (AvgIpc) is 2.79. The monoisotopic (exact) mass is 296 g/mol. The summed E-state index contributed by atoms with van der Waals surface area (Å²) in [6.07, 6.45) is -9.05. The van der Waals surface area contributed by atoms with Gasteiger partial charge in [-0.2, -0.15) is 31.3 Å². The summed E-state index contributed by atoms with van der Waals surface area (Å²) < 4.78 is 80.1. The lowest BCUT2D eigenvalue weighted by Crippen LogP contribution is -2.12. The van der Waals surface area contributed by atoms with Gasteiger partial charge in [0, 0.05) is 0 Å². The molecule has 0 radical (unpaired) electrons. The second-order valence-corrected chi connectivity index (χ2v) is 3.93. The van der Waals surface area contributed by atoms with E-state index in [4.69, 9.17) is 0 Å². The molecule has 108 valence electrons. The molecule has 0 unspecified atom stereocenters. The molecule has 0 amide bonds. The first kappa shape index (κ1) is 14.4. The van der Waals surface area contributed by atoms with Crippen LogP contribution in [0.15, 0.2) is 29.0 Å². The zero-order chi connectivity index (χ0) is 15.0. The predicted molar refractivity (Wildman–Crippen MR) is 53.6 cm³/mol. The smallest absolute Gasteiger partial charge is 0.339 e. The molecule has 20 heavy (non-hydrogen) atoms. The Morgan fingerprint density at radius 3 is 1.85 bits per heavy atom. The highest BCUT2D eigenvalue weighted by molar-refractivity contribution is 5.34. The molecule has 3 nitrogen and oxygen atoms in total. The summed E-state index contributed by atoms with van der Waals surface area (Å²) >= 11 is 0. The SMILES string of the molecule is FC(F)(F)c1cc(Cc2ncno2)cc(C(F)(F)F)c1. The van der Waals surface area contributed by atoms with Crippen molar-refractivity contribution in [3.8, 4) is 0 Å². The number of hydrogen-bond donors (Lipinski definition) is 0. The average molecular weight is 296 g/mol. The van der Waals surface area contributed by atoms with Crippen LogP contribution in [-0.4, -0.2) is 10.1 Å². The van der Waals surface area contributed by atoms with Crippen LogP contribution in [0.4, 0.5) is 26.3 Å². The Hall–Kier alpha value is -2.06. The van der Waals surface area contributed by atoms with Gasteiger partial charge in [0.25, 0.3) is 0 Å². The van der Waals surface area contributed by atoms with Crippen LogP contribution < -0.4 is 0 Å². The lowest BCUT2D eigenvalue weighted by Gasteiger charge is -2.13. The van der Waals surface area contributed by atoms with Crippen molar-refractivity contribution in [3.63, 3.8) is 0 Å². The van der Waals surface area contributed by atoms with E-state index in [1.165, 1.54) is 0 Å². The second-order valence-electron chi connectivity index (χ2n) is 3.93. The van der Waals surface area contributed by atoms with E-state index in [2.05, 4.69) is 14.7 Å². The van der Waals surface area contributed by atoms with E-state index in [1.54, 1.807) is 0 Å². The molecule has 0 saturated carbocycles. The number of rotatable bonds is 2. The number of hydrogen-bond acceptors (Lipinski definition) is 3. The molecular formula is C11H6F6N2O. The predicted octanol–water partition coefficient (Wildman–Crippen LogP) is 3.70. The van der Waals surface area contributed by atoms with Crippen LogP contribution in [0.5, 0.6) is 0 Å². The first-order valence-electron chi connectivity index (χ1n) is 5.20. The molecule has 2 aromatic rings. The molecule has 1 heterocycles. The molecule has 0 N–H and O–H groups in total. The van der Waals surface area contributed by atoms with Crippen molar-refractivity contribution in [1.29, 1.82) is 0 Å². The Morgan fingerprint density at radius 2 is 1.45 bits per heavy atom.